The van der Waals surface area contributed by atoms with Gasteiger partial charge in [-0.05, 0) is 29.8 Å². The van der Waals surface area contributed by atoms with E-state index in [4.69, 9.17) is 15.2 Å². The summed E-state index contributed by atoms with van der Waals surface area (Å²) in [5.41, 5.74) is 7.32. The van der Waals surface area contributed by atoms with Crippen LogP contribution in [0.3, 0.4) is 0 Å². The van der Waals surface area contributed by atoms with Crippen LogP contribution in [0.25, 0.3) is 0 Å². The van der Waals surface area contributed by atoms with Crippen molar-refractivity contribution < 1.29 is 19.1 Å². The van der Waals surface area contributed by atoms with Crippen LogP contribution in [0.2, 0.25) is 0 Å². The van der Waals surface area contributed by atoms with Gasteiger partial charge < -0.3 is 25.4 Å². The van der Waals surface area contributed by atoms with E-state index >= 15 is 0 Å². The summed E-state index contributed by atoms with van der Waals surface area (Å²) in [6.45, 7) is 0.286. The van der Waals surface area contributed by atoms with Gasteiger partial charge in [0.2, 0.25) is 5.91 Å². The van der Waals surface area contributed by atoms with Gasteiger partial charge in [0, 0.05) is 19.3 Å². The first-order valence-electron chi connectivity index (χ1n) is 8.62. The molecule has 27 heavy (non-hydrogen) atoms. The maximum atomic E-state index is 12.9. The molecule has 2 aromatic rings. The lowest BCUT2D eigenvalue weighted by Gasteiger charge is -2.26. The molecule has 0 aromatic heterocycles. The zero-order valence-electron chi connectivity index (χ0n) is 15.3. The van der Waals surface area contributed by atoms with E-state index in [0.29, 0.717) is 5.75 Å². The first-order chi connectivity index (χ1) is 13.0. The van der Waals surface area contributed by atoms with E-state index in [1.165, 1.54) is 12.0 Å². The molecule has 1 fully saturated rings. The maximum Gasteiger partial charge on any atom is 0.254 e. The van der Waals surface area contributed by atoms with Crippen molar-refractivity contribution in [3.63, 3.8) is 0 Å². The monoisotopic (exact) mass is 369 g/mol. The van der Waals surface area contributed by atoms with E-state index in [1.807, 2.05) is 42.5 Å². The number of anilines is 1. The minimum absolute atomic E-state index is 0.267. The van der Waals surface area contributed by atoms with Crippen molar-refractivity contribution in [2.45, 2.75) is 24.7 Å². The van der Waals surface area contributed by atoms with Crippen molar-refractivity contribution in [3.8, 4) is 5.75 Å². The number of benzene rings is 2. The van der Waals surface area contributed by atoms with Crippen LogP contribution in [0, 0.1) is 0 Å². The number of likely N-dealkylation sites (tertiary alicyclic amines) is 1. The van der Waals surface area contributed by atoms with Crippen LogP contribution in [0.1, 0.15) is 5.56 Å². The Morgan fingerprint density at radius 1 is 1.11 bits per heavy atom. The highest BCUT2D eigenvalue weighted by Gasteiger charge is 2.51. The van der Waals surface area contributed by atoms with Gasteiger partial charge in [0.1, 0.15) is 11.8 Å². The summed E-state index contributed by atoms with van der Waals surface area (Å²) in [5, 5.41) is 3.23. The van der Waals surface area contributed by atoms with E-state index in [2.05, 4.69) is 5.32 Å². The number of nitrogens with one attached hydrogen (secondary N) is 1. The summed E-state index contributed by atoms with van der Waals surface area (Å²) in [4.78, 5) is 26.6. The molecule has 0 radical (unpaired) electrons. The van der Waals surface area contributed by atoms with Crippen molar-refractivity contribution >= 4 is 17.5 Å². The maximum absolute atomic E-state index is 12.9. The zero-order valence-corrected chi connectivity index (χ0v) is 15.3. The fourth-order valence-corrected chi connectivity index (χ4v) is 3.38. The van der Waals surface area contributed by atoms with Crippen LogP contribution in [0.4, 0.5) is 5.69 Å². The number of primary amides is 1. The van der Waals surface area contributed by atoms with Crippen LogP contribution >= 0.6 is 0 Å². The van der Waals surface area contributed by atoms with Gasteiger partial charge in [-0.3, -0.25) is 9.59 Å². The topological polar surface area (TPSA) is 93.9 Å². The molecule has 1 aliphatic heterocycles. The fourth-order valence-electron chi connectivity index (χ4n) is 3.38. The van der Waals surface area contributed by atoms with Gasteiger partial charge in [0.15, 0.2) is 6.10 Å². The molecule has 0 saturated carbocycles. The Balaban J connectivity index is 1.88. The number of amides is 2. The van der Waals surface area contributed by atoms with Crippen molar-refractivity contribution in [1.29, 1.82) is 0 Å². The van der Waals surface area contributed by atoms with E-state index in [1.54, 1.807) is 19.2 Å². The second-order valence-electron chi connectivity index (χ2n) is 6.35. The average molecular weight is 369 g/mol. The largest absolute Gasteiger partial charge is 0.497 e. The fraction of sp³-hybridized carbons (Fsp3) is 0.300. The molecule has 1 heterocycles. The van der Waals surface area contributed by atoms with Crippen LogP contribution in [0.15, 0.2) is 54.6 Å². The standard InChI is InChI=1S/C20H23N3O4/c1-26-15-10-8-14(9-11-15)22-16-17(19(21)24)23(20(25)18(16)27-2)12-13-6-4-3-5-7-13/h3-11,16-18,22H,12H2,1-2H3,(H2,21,24)/t16-,17-,18+/m0/s1. The molecule has 7 heteroatoms. The number of carbonyl (C=O) groups excluding carboxylic acids is 2. The third kappa shape index (κ3) is 3.88. The number of ether oxygens (including phenoxy) is 2. The highest BCUT2D eigenvalue weighted by atomic mass is 16.5. The predicted molar refractivity (Wildman–Crippen MR) is 101 cm³/mol. The zero-order chi connectivity index (χ0) is 19.4. The van der Waals surface area contributed by atoms with Crippen LogP contribution in [-0.2, 0) is 20.9 Å². The minimum atomic E-state index is -0.829. The minimum Gasteiger partial charge on any atom is -0.497 e. The SMILES string of the molecule is COc1ccc(N[C@H]2[C@@H](C(N)=O)N(Cc3ccccc3)C(=O)[C@@H]2OC)cc1. The second-order valence-corrected chi connectivity index (χ2v) is 6.35. The number of carbonyl (C=O) groups is 2. The van der Waals surface area contributed by atoms with Gasteiger partial charge in [-0.25, -0.2) is 0 Å². The van der Waals surface area contributed by atoms with Gasteiger partial charge in [-0.15, -0.1) is 0 Å². The molecule has 2 aromatic carbocycles. The quantitative estimate of drug-likeness (QED) is 0.769. The molecule has 3 N–H and O–H groups in total. The smallest absolute Gasteiger partial charge is 0.254 e. The predicted octanol–water partition coefficient (Wildman–Crippen LogP) is 1.39. The molecule has 0 spiro atoms. The Labute approximate surface area is 158 Å². The molecule has 0 bridgehead atoms. The molecule has 0 unspecified atom stereocenters. The molecule has 0 aliphatic carbocycles. The van der Waals surface area contributed by atoms with E-state index in [-0.39, 0.29) is 12.5 Å². The highest BCUT2D eigenvalue weighted by Crippen LogP contribution is 2.28. The summed E-state index contributed by atoms with van der Waals surface area (Å²) in [5.74, 6) is -0.135. The normalized spacial score (nSPS) is 21.9. The Morgan fingerprint density at radius 2 is 1.78 bits per heavy atom. The number of hydrogen-bond acceptors (Lipinski definition) is 5. The van der Waals surface area contributed by atoms with Crippen molar-refractivity contribution in [2.75, 3.05) is 19.5 Å². The van der Waals surface area contributed by atoms with E-state index < -0.39 is 24.1 Å². The molecule has 3 atom stereocenters. The van der Waals surface area contributed by atoms with Crippen molar-refractivity contribution in [3.05, 3.63) is 60.2 Å². The van der Waals surface area contributed by atoms with Crippen LogP contribution < -0.4 is 15.8 Å². The summed E-state index contributed by atoms with van der Waals surface area (Å²) < 4.78 is 10.6. The number of hydrogen-bond donors (Lipinski definition) is 2. The first kappa shape index (κ1) is 18.7. The molecule has 2 amide bonds. The third-order valence-corrected chi connectivity index (χ3v) is 4.69. The first-order valence-corrected chi connectivity index (χ1v) is 8.62. The lowest BCUT2D eigenvalue weighted by Crippen LogP contribution is -2.49. The summed E-state index contributed by atoms with van der Waals surface area (Å²) in [6, 6.07) is 15.3. The highest BCUT2D eigenvalue weighted by molar-refractivity contribution is 5.95. The molecule has 1 saturated heterocycles. The molecule has 3 rings (SSSR count). The Kier molecular flexibility index (Phi) is 5.61. The second kappa shape index (κ2) is 8.09. The molecule has 1 aliphatic rings. The Hall–Kier alpha value is -3.06. The average Bonchev–Trinajstić information content (AvgIpc) is 2.94. The molecular formula is C20H23N3O4. The van der Waals surface area contributed by atoms with Crippen LogP contribution in [0.5, 0.6) is 5.75 Å². The van der Waals surface area contributed by atoms with E-state index in [9.17, 15) is 9.59 Å². The van der Waals surface area contributed by atoms with Crippen molar-refractivity contribution in [2.24, 2.45) is 5.73 Å². The summed E-state index contributed by atoms with van der Waals surface area (Å²) in [7, 11) is 3.04. The van der Waals surface area contributed by atoms with Gasteiger partial charge in [0.25, 0.3) is 5.91 Å². The molecule has 7 nitrogen and oxygen atoms in total. The number of nitrogens with two attached hydrogens (primary N) is 1. The van der Waals surface area contributed by atoms with Crippen LogP contribution in [-0.4, -0.2) is 49.1 Å². The molecule has 142 valence electrons. The molecular weight excluding hydrogens is 346 g/mol. The van der Waals surface area contributed by atoms with Gasteiger partial charge in [-0.2, -0.15) is 0 Å². The lowest BCUT2D eigenvalue weighted by molar-refractivity contribution is -0.139. The van der Waals surface area contributed by atoms with Gasteiger partial charge in [0.05, 0.1) is 13.2 Å². The summed E-state index contributed by atoms with van der Waals surface area (Å²) >= 11 is 0. The number of rotatable bonds is 7. The van der Waals surface area contributed by atoms with Gasteiger partial charge in [-0.1, -0.05) is 30.3 Å². The Morgan fingerprint density at radius 3 is 2.33 bits per heavy atom. The van der Waals surface area contributed by atoms with Gasteiger partial charge >= 0.3 is 0 Å². The van der Waals surface area contributed by atoms with E-state index in [0.717, 1.165) is 11.3 Å². The Bertz CT molecular complexity index is 795. The number of nitrogens with zero attached hydrogens (tertiary/aromatic N) is 1. The summed E-state index contributed by atoms with van der Waals surface area (Å²) in [6.07, 6.45) is -0.812. The van der Waals surface area contributed by atoms with Crippen molar-refractivity contribution in [1.82, 2.24) is 4.90 Å². The number of methoxy groups -OCH3 is 2. The third-order valence-electron chi connectivity index (χ3n) is 4.69. The lowest BCUT2D eigenvalue weighted by atomic mass is 10.1.